The van der Waals surface area contributed by atoms with E-state index in [0.29, 0.717) is 19.3 Å². The highest BCUT2D eigenvalue weighted by Gasteiger charge is 2.19. The minimum Gasteiger partial charge on any atom is -0.462 e. The van der Waals surface area contributed by atoms with Gasteiger partial charge in [0, 0.05) is 19.3 Å². The second-order valence-corrected chi connectivity index (χ2v) is 23.0. The maximum absolute atomic E-state index is 12.9. The molecule has 72 heavy (non-hydrogen) atoms. The van der Waals surface area contributed by atoms with Crippen molar-refractivity contribution in [1.82, 2.24) is 0 Å². The first-order valence-electron chi connectivity index (χ1n) is 32.9. The number of carbonyl (C=O) groups is 3. The van der Waals surface area contributed by atoms with E-state index in [-0.39, 0.29) is 31.1 Å². The van der Waals surface area contributed by atoms with Crippen LogP contribution in [0.5, 0.6) is 0 Å². The fourth-order valence-electron chi connectivity index (χ4n) is 10.3. The summed E-state index contributed by atoms with van der Waals surface area (Å²) in [7, 11) is 0. The predicted octanol–water partition coefficient (Wildman–Crippen LogP) is 22.1. The Bertz CT molecular complexity index is 1090. The Hall–Kier alpha value is -1.59. The molecule has 0 saturated carbocycles. The molecule has 0 aromatic heterocycles. The van der Waals surface area contributed by atoms with Crippen molar-refractivity contribution in [2.45, 2.75) is 387 Å². The van der Waals surface area contributed by atoms with Crippen LogP contribution in [0.1, 0.15) is 381 Å². The standard InChI is InChI=1S/C66H128O6/c1-5-8-10-12-14-16-18-20-22-23-27-31-35-39-43-47-51-55-59-66(69)72-63(60-70-64(67)57-53-49-45-41-37-33-21-19-17-15-13-11-9-6-2)61-71-65(68)58-54-50-46-42-38-34-30-28-25-24-26-29-32-36-40-44-48-52-56-62(4)7-3/h62-63H,5-61H2,1-4H3/t62?,63-/m1/s1. The highest BCUT2D eigenvalue weighted by Crippen LogP contribution is 2.19. The monoisotopic (exact) mass is 1020 g/mol. The number of unbranched alkanes of at least 4 members (excludes halogenated alkanes) is 47. The van der Waals surface area contributed by atoms with Crippen LogP contribution in [0.25, 0.3) is 0 Å². The molecule has 0 aliphatic carbocycles. The van der Waals surface area contributed by atoms with E-state index in [1.54, 1.807) is 0 Å². The van der Waals surface area contributed by atoms with Gasteiger partial charge in [0.1, 0.15) is 13.2 Å². The van der Waals surface area contributed by atoms with E-state index >= 15 is 0 Å². The summed E-state index contributed by atoms with van der Waals surface area (Å²) >= 11 is 0. The van der Waals surface area contributed by atoms with E-state index in [1.807, 2.05) is 0 Å². The van der Waals surface area contributed by atoms with Crippen LogP contribution in [0, 0.1) is 5.92 Å². The van der Waals surface area contributed by atoms with Crippen molar-refractivity contribution >= 4 is 17.9 Å². The molecule has 0 bridgehead atoms. The van der Waals surface area contributed by atoms with E-state index in [9.17, 15) is 14.4 Å². The van der Waals surface area contributed by atoms with Crippen LogP contribution in [0.3, 0.4) is 0 Å². The molecule has 2 atom stereocenters. The van der Waals surface area contributed by atoms with Gasteiger partial charge in [-0.05, 0) is 25.2 Å². The minimum absolute atomic E-state index is 0.0609. The van der Waals surface area contributed by atoms with Crippen LogP contribution in [0.15, 0.2) is 0 Å². The van der Waals surface area contributed by atoms with Gasteiger partial charge in [-0.2, -0.15) is 0 Å². The summed E-state index contributed by atoms with van der Waals surface area (Å²) in [5, 5.41) is 0. The molecule has 428 valence electrons. The van der Waals surface area contributed by atoms with Crippen LogP contribution in [-0.4, -0.2) is 37.2 Å². The minimum atomic E-state index is -0.763. The molecule has 0 aromatic rings. The van der Waals surface area contributed by atoms with Gasteiger partial charge in [-0.15, -0.1) is 0 Å². The average molecular weight is 1020 g/mol. The van der Waals surface area contributed by atoms with E-state index in [1.165, 1.54) is 276 Å². The summed E-state index contributed by atoms with van der Waals surface area (Å²) < 4.78 is 17.0. The van der Waals surface area contributed by atoms with Gasteiger partial charge in [0.25, 0.3) is 0 Å². The summed E-state index contributed by atoms with van der Waals surface area (Å²) in [5.41, 5.74) is 0. The summed E-state index contributed by atoms with van der Waals surface area (Å²) in [6.45, 7) is 9.14. The van der Waals surface area contributed by atoms with Gasteiger partial charge >= 0.3 is 17.9 Å². The summed E-state index contributed by atoms with van der Waals surface area (Å²) in [4.78, 5) is 38.3. The molecule has 0 fully saturated rings. The number of hydrogen-bond donors (Lipinski definition) is 0. The molecule has 1 unspecified atom stereocenters. The smallest absolute Gasteiger partial charge is 0.306 e. The molecule has 0 saturated heterocycles. The van der Waals surface area contributed by atoms with Gasteiger partial charge in [-0.25, -0.2) is 0 Å². The zero-order valence-electron chi connectivity index (χ0n) is 49.4. The number of ether oxygens (including phenoxy) is 3. The summed E-state index contributed by atoms with van der Waals surface area (Å²) in [5.74, 6) is 0.0846. The Morgan fingerprint density at radius 1 is 0.278 bits per heavy atom. The van der Waals surface area contributed by atoms with Crippen molar-refractivity contribution in [3.8, 4) is 0 Å². The Morgan fingerprint density at radius 2 is 0.486 bits per heavy atom. The Morgan fingerprint density at radius 3 is 0.722 bits per heavy atom. The van der Waals surface area contributed by atoms with Gasteiger partial charge < -0.3 is 14.2 Å². The Labute approximate surface area is 450 Å². The highest BCUT2D eigenvalue weighted by atomic mass is 16.6. The van der Waals surface area contributed by atoms with Crippen molar-refractivity contribution in [2.24, 2.45) is 5.92 Å². The van der Waals surface area contributed by atoms with E-state index in [4.69, 9.17) is 14.2 Å². The molecule has 0 aromatic carbocycles. The fourth-order valence-corrected chi connectivity index (χ4v) is 10.3. The van der Waals surface area contributed by atoms with Crippen molar-refractivity contribution in [3.05, 3.63) is 0 Å². The molecular weight excluding hydrogens is 889 g/mol. The second-order valence-electron chi connectivity index (χ2n) is 23.0. The lowest BCUT2D eigenvalue weighted by Gasteiger charge is -2.18. The van der Waals surface area contributed by atoms with E-state index in [2.05, 4.69) is 27.7 Å². The lowest BCUT2D eigenvalue weighted by molar-refractivity contribution is -0.167. The molecular formula is C66H128O6. The van der Waals surface area contributed by atoms with Crippen molar-refractivity contribution < 1.29 is 28.6 Å². The first-order valence-corrected chi connectivity index (χ1v) is 32.9. The van der Waals surface area contributed by atoms with Crippen molar-refractivity contribution in [3.63, 3.8) is 0 Å². The molecule has 0 aliphatic heterocycles. The van der Waals surface area contributed by atoms with E-state index < -0.39 is 6.10 Å². The molecule has 6 heteroatoms. The topological polar surface area (TPSA) is 78.9 Å². The number of rotatable bonds is 61. The first kappa shape index (κ1) is 70.4. The van der Waals surface area contributed by atoms with Gasteiger partial charge in [-0.1, -0.05) is 342 Å². The summed E-state index contributed by atoms with van der Waals surface area (Å²) in [6, 6.07) is 0. The molecule has 0 spiro atoms. The lowest BCUT2D eigenvalue weighted by Crippen LogP contribution is -2.30. The maximum atomic E-state index is 12.9. The largest absolute Gasteiger partial charge is 0.462 e. The van der Waals surface area contributed by atoms with Gasteiger partial charge in [-0.3, -0.25) is 14.4 Å². The van der Waals surface area contributed by atoms with Crippen LogP contribution < -0.4 is 0 Å². The molecule has 0 N–H and O–H groups in total. The highest BCUT2D eigenvalue weighted by molar-refractivity contribution is 5.71. The van der Waals surface area contributed by atoms with Crippen molar-refractivity contribution in [2.75, 3.05) is 13.2 Å². The number of esters is 3. The van der Waals surface area contributed by atoms with Gasteiger partial charge in [0.05, 0.1) is 0 Å². The molecule has 6 nitrogen and oxygen atoms in total. The zero-order chi connectivity index (χ0) is 52.3. The quantitative estimate of drug-likeness (QED) is 0.0343. The van der Waals surface area contributed by atoms with Crippen LogP contribution >= 0.6 is 0 Å². The van der Waals surface area contributed by atoms with Crippen molar-refractivity contribution in [1.29, 1.82) is 0 Å². The Balaban J connectivity index is 4.25. The predicted molar refractivity (Wildman–Crippen MR) is 312 cm³/mol. The fraction of sp³-hybridized carbons (Fsp3) is 0.955. The molecule has 0 radical (unpaired) electrons. The van der Waals surface area contributed by atoms with Crippen LogP contribution in [0.2, 0.25) is 0 Å². The Kier molecular flexibility index (Phi) is 58.9. The second kappa shape index (κ2) is 60.3. The van der Waals surface area contributed by atoms with Crippen LogP contribution in [-0.2, 0) is 28.6 Å². The lowest BCUT2D eigenvalue weighted by atomic mass is 9.99. The normalized spacial score (nSPS) is 12.3. The molecule has 0 amide bonds. The van der Waals surface area contributed by atoms with Gasteiger partial charge in [0.2, 0.25) is 0 Å². The molecule has 0 rings (SSSR count). The SMILES string of the molecule is CCCCCCCCCCCCCCCCCCCCC(=O)O[C@H](COC(=O)CCCCCCCCCCCCCCCC)COC(=O)CCCCCCCCCCCCCCCCCCCCC(C)CC. The number of hydrogen-bond acceptors (Lipinski definition) is 6. The summed E-state index contributed by atoms with van der Waals surface area (Å²) in [6.07, 6.45) is 68.2. The maximum Gasteiger partial charge on any atom is 0.306 e. The van der Waals surface area contributed by atoms with Gasteiger partial charge in [0.15, 0.2) is 6.10 Å². The molecule has 0 heterocycles. The van der Waals surface area contributed by atoms with E-state index in [0.717, 1.165) is 63.7 Å². The van der Waals surface area contributed by atoms with Crippen LogP contribution in [0.4, 0.5) is 0 Å². The average Bonchev–Trinajstić information content (AvgIpc) is 3.38. The molecule has 0 aliphatic rings. The third-order valence-corrected chi connectivity index (χ3v) is 15.7. The number of carbonyl (C=O) groups excluding carboxylic acids is 3. The third-order valence-electron chi connectivity index (χ3n) is 15.7. The first-order chi connectivity index (χ1) is 35.4. The third kappa shape index (κ3) is 57.7. The zero-order valence-corrected chi connectivity index (χ0v) is 49.4.